The first-order chi connectivity index (χ1) is 19.7. The van der Waals surface area contributed by atoms with Crippen molar-refractivity contribution >= 4 is 23.7 Å². The number of urea groups is 1. The van der Waals surface area contributed by atoms with E-state index in [4.69, 9.17) is 16.3 Å². The highest BCUT2D eigenvalue weighted by molar-refractivity contribution is 6.30. The SMILES string of the molecule is COC(=O)NCCOC(c1cccc(Cl)c1)C1CCCN(C(=O)NC(CC2CCCCC2)C(O)C(O)CC(C)C)C1. The van der Waals surface area contributed by atoms with Crippen molar-refractivity contribution in [1.29, 1.82) is 0 Å². The summed E-state index contributed by atoms with van der Waals surface area (Å²) in [6, 6.07) is 6.81. The number of nitrogens with one attached hydrogen (secondary N) is 2. The van der Waals surface area contributed by atoms with Gasteiger partial charge < -0.3 is 35.2 Å². The number of hydrogen-bond donors (Lipinski definition) is 4. The lowest BCUT2D eigenvalue weighted by atomic mass is 9.82. The smallest absolute Gasteiger partial charge is 0.406 e. The van der Waals surface area contributed by atoms with Crippen LogP contribution in [0.2, 0.25) is 5.02 Å². The van der Waals surface area contributed by atoms with Crippen LogP contribution >= 0.6 is 11.6 Å². The molecule has 0 spiro atoms. The second kappa shape index (κ2) is 17.1. The third-order valence-electron chi connectivity index (χ3n) is 8.34. The first-order valence-electron chi connectivity index (χ1n) is 15.3. The van der Waals surface area contributed by atoms with E-state index in [1.807, 2.05) is 38.1 Å². The summed E-state index contributed by atoms with van der Waals surface area (Å²) in [5.41, 5.74) is 0.922. The number of alkyl carbamates (subject to hydrolysis) is 1. The van der Waals surface area contributed by atoms with Gasteiger partial charge in [-0.15, -0.1) is 0 Å². The molecular formula is C31H50ClN3O6. The monoisotopic (exact) mass is 595 g/mol. The minimum atomic E-state index is -1.02. The molecule has 10 heteroatoms. The van der Waals surface area contributed by atoms with E-state index in [0.29, 0.717) is 43.4 Å². The first kappa shape index (κ1) is 33.4. The van der Waals surface area contributed by atoms with Crippen LogP contribution in [-0.4, -0.2) is 78.8 Å². The molecule has 1 aliphatic carbocycles. The van der Waals surface area contributed by atoms with Crippen LogP contribution in [-0.2, 0) is 9.47 Å². The van der Waals surface area contributed by atoms with Gasteiger partial charge >= 0.3 is 12.1 Å². The van der Waals surface area contributed by atoms with Crippen molar-refractivity contribution < 1.29 is 29.3 Å². The lowest BCUT2D eigenvalue weighted by Crippen LogP contribution is -2.55. The van der Waals surface area contributed by atoms with Crippen LogP contribution in [0.15, 0.2) is 24.3 Å². The molecule has 1 heterocycles. The number of methoxy groups -OCH3 is 1. The molecule has 5 atom stereocenters. The summed E-state index contributed by atoms with van der Waals surface area (Å²) < 4.78 is 10.9. The fourth-order valence-corrected chi connectivity index (χ4v) is 6.45. The Morgan fingerprint density at radius 1 is 1.12 bits per heavy atom. The lowest BCUT2D eigenvalue weighted by Gasteiger charge is -2.39. The number of nitrogens with zero attached hydrogens (tertiary/aromatic N) is 1. The number of amides is 3. The molecule has 1 aromatic carbocycles. The molecule has 5 unspecified atom stereocenters. The largest absolute Gasteiger partial charge is 0.453 e. The van der Waals surface area contributed by atoms with E-state index in [1.165, 1.54) is 26.4 Å². The number of hydrogen-bond acceptors (Lipinski definition) is 6. The number of carbonyl (C=O) groups is 2. The standard InChI is InChI=1S/C31H50ClN3O6/c1-21(2)17-27(36)28(37)26(18-22-9-5-4-6-10-22)34-30(38)35-15-8-12-24(20-35)29(23-11-7-13-25(32)19-23)41-16-14-33-31(39)40-3/h7,11,13,19,21-22,24,26-29,36-37H,4-6,8-10,12,14-18,20H2,1-3H3,(H,33,39)(H,34,38). The number of aliphatic hydroxyl groups excluding tert-OH is 2. The number of piperidine rings is 1. The van der Waals surface area contributed by atoms with Gasteiger partial charge in [0.15, 0.2) is 0 Å². The quantitative estimate of drug-likeness (QED) is 0.230. The molecule has 4 N–H and O–H groups in total. The summed E-state index contributed by atoms with van der Waals surface area (Å²) in [6.45, 7) is 5.69. The first-order valence-corrected chi connectivity index (χ1v) is 15.7. The molecule has 1 saturated heterocycles. The molecule has 1 saturated carbocycles. The van der Waals surface area contributed by atoms with Crippen LogP contribution in [0.25, 0.3) is 0 Å². The number of rotatable bonds is 13. The number of halogens is 1. The Kier molecular flexibility index (Phi) is 14.0. The summed E-state index contributed by atoms with van der Waals surface area (Å²) in [6.07, 6.45) is 5.83. The van der Waals surface area contributed by atoms with Gasteiger partial charge in [0.05, 0.1) is 32.0 Å². The number of likely N-dealkylation sites (tertiary alicyclic amines) is 1. The van der Waals surface area contributed by atoms with Crippen molar-refractivity contribution in [2.24, 2.45) is 17.8 Å². The second-order valence-corrected chi connectivity index (χ2v) is 12.5. The summed E-state index contributed by atoms with van der Waals surface area (Å²) >= 11 is 6.30. The zero-order valence-electron chi connectivity index (χ0n) is 24.9. The number of benzene rings is 1. The van der Waals surface area contributed by atoms with E-state index in [1.54, 1.807) is 4.90 Å². The highest BCUT2D eigenvalue weighted by atomic mass is 35.5. The van der Waals surface area contributed by atoms with Crippen molar-refractivity contribution in [3.63, 3.8) is 0 Å². The molecule has 3 rings (SSSR count). The minimum Gasteiger partial charge on any atom is -0.453 e. The van der Waals surface area contributed by atoms with E-state index >= 15 is 0 Å². The normalized spacial score (nSPS) is 21.1. The summed E-state index contributed by atoms with van der Waals surface area (Å²) in [4.78, 5) is 26.9. The van der Waals surface area contributed by atoms with Gasteiger partial charge in [0.2, 0.25) is 0 Å². The minimum absolute atomic E-state index is 0.0133. The highest BCUT2D eigenvalue weighted by Crippen LogP contribution is 2.34. The van der Waals surface area contributed by atoms with Gasteiger partial charge in [0.25, 0.3) is 0 Å². The Hall–Kier alpha value is -2.07. The third-order valence-corrected chi connectivity index (χ3v) is 8.58. The van der Waals surface area contributed by atoms with E-state index in [-0.39, 0.29) is 30.6 Å². The van der Waals surface area contributed by atoms with Crippen LogP contribution in [0.3, 0.4) is 0 Å². The van der Waals surface area contributed by atoms with Crippen LogP contribution in [0, 0.1) is 17.8 Å². The molecule has 1 aliphatic heterocycles. The van der Waals surface area contributed by atoms with Gasteiger partial charge in [-0.3, -0.25) is 0 Å². The van der Waals surface area contributed by atoms with Crippen LogP contribution in [0.1, 0.15) is 83.3 Å². The summed E-state index contributed by atoms with van der Waals surface area (Å²) in [5, 5.41) is 28.3. The fraction of sp³-hybridized carbons (Fsp3) is 0.742. The number of aliphatic hydroxyl groups is 2. The number of carbonyl (C=O) groups excluding carboxylic acids is 2. The molecule has 3 amide bonds. The van der Waals surface area contributed by atoms with Gasteiger partial charge in [-0.2, -0.15) is 0 Å². The predicted molar refractivity (Wildman–Crippen MR) is 160 cm³/mol. The van der Waals surface area contributed by atoms with Gasteiger partial charge in [0.1, 0.15) is 6.10 Å². The van der Waals surface area contributed by atoms with E-state index in [0.717, 1.165) is 31.2 Å². The maximum atomic E-state index is 13.6. The molecule has 41 heavy (non-hydrogen) atoms. The molecule has 2 fully saturated rings. The second-order valence-electron chi connectivity index (χ2n) is 12.1. The van der Waals surface area contributed by atoms with Crippen LogP contribution < -0.4 is 10.6 Å². The molecule has 0 bridgehead atoms. The van der Waals surface area contributed by atoms with Gasteiger partial charge in [0, 0.05) is 30.6 Å². The summed E-state index contributed by atoms with van der Waals surface area (Å²) in [5.74, 6) is 0.683. The average Bonchev–Trinajstić information content (AvgIpc) is 2.96. The predicted octanol–water partition coefficient (Wildman–Crippen LogP) is 5.28. The molecule has 9 nitrogen and oxygen atoms in total. The Labute approximate surface area is 250 Å². The molecule has 0 aromatic heterocycles. The molecule has 0 radical (unpaired) electrons. The lowest BCUT2D eigenvalue weighted by molar-refractivity contribution is -0.0213. The average molecular weight is 596 g/mol. The Bertz CT molecular complexity index is 944. The molecular weight excluding hydrogens is 546 g/mol. The van der Waals surface area contributed by atoms with E-state index < -0.39 is 24.3 Å². The van der Waals surface area contributed by atoms with E-state index in [9.17, 15) is 19.8 Å². The summed E-state index contributed by atoms with van der Waals surface area (Å²) in [7, 11) is 1.32. The van der Waals surface area contributed by atoms with E-state index in [2.05, 4.69) is 15.4 Å². The van der Waals surface area contributed by atoms with Crippen molar-refractivity contribution in [3.05, 3.63) is 34.9 Å². The fourth-order valence-electron chi connectivity index (χ4n) is 6.25. The van der Waals surface area contributed by atoms with Gasteiger partial charge in [-0.25, -0.2) is 9.59 Å². The van der Waals surface area contributed by atoms with Crippen LogP contribution in [0.5, 0.6) is 0 Å². The molecule has 2 aliphatic rings. The van der Waals surface area contributed by atoms with Crippen LogP contribution in [0.4, 0.5) is 9.59 Å². The van der Waals surface area contributed by atoms with Gasteiger partial charge in [-0.05, 0) is 55.2 Å². The molecule has 232 valence electrons. The zero-order chi connectivity index (χ0) is 29.8. The maximum absolute atomic E-state index is 13.6. The third kappa shape index (κ3) is 10.9. The highest BCUT2D eigenvalue weighted by Gasteiger charge is 2.35. The van der Waals surface area contributed by atoms with Crippen molar-refractivity contribution in [3.8, 4) is 0 Å². The van der Waals surface area contributed by atoms with Gasteiger partial charge in [-0.1, -0.05) is 69.7 Å². The Morgan fingerprint density at radius 2 is 1.88 bits per heavy atom. The Balaban J connectivity index is 1.69. The van der Waals surface area contributed by atoms with Crippen molar-refractivity contribution in [2.75, 3.05) is 33.4 Å². The van der Waals surface area contributed by atoms with Crippen molar-refractivity contribution in [2.45, 2.75) is 96.0 Å². The number of ether oxygens (including phenoxy) is 2. The Morgan fingerprint density at radius 3 is 2.56 bits per heavy atom. The molecule has 1 aromatic rings. The topological polar surface area (TPSA) is 120 Å². The zero-order valence-corrected chi connectivity index (χ0v) is 25.7. The van der Waals surface area contributed by atoms with Crippen molar-refractivity contribution in [1.82, 2.24) is 15.5 Å². The maximum Gasteiger partial charge on any atom is 0.406 e.